The van der Waals surface area contributed by atoms with Crippen molar-refractivity contribution in [3.05, 3.63) is 28.3 Å². The highest BCUT2D eigenvalue weighted by Gasteiger charge is 2.12. The van der Waals surface area contributed by atoms with Crippen molar-refractivity contribution in [2.45, 2.75) is 17.1 Å². The molecule has 16 heavy (non-hydrogen) atoms. The summed E-state index contributed by atoms with van der Waals surface area (Å²) in [5.74, 6) is 0.446. The molecule has 1 atom stereocenters. The number of aliphatic hydroxyl groups excluding tert-OH is 1. The number of methoxy groups -OCH3 is 1. The smallest absolute Gasteiger partial charge is 0.274 e. The van der Waals surface area contributed by atoms with Gasteiger partial charge in [0, 0.05) is 16.2 Å². The van der Waals surface area contributed by atoms with E-state index in [0.29, 0.717) is 10.6 Å². The van der Waals surface area contributed by atoms with Crippen LogP contribution >= 0.6 is 11.8 Å². The van der Waals surface area contributed by atoms with Gasteiger partial charge >= 0.3 is 0 Å². The van der Waals surface area contributed by atoms with Crippen molar-refractivity contribution >= 4 is 17.4 Å². The van der Waals surface area contributed by atoms with Crippen LogP contribution in [0.5, 0.6) is 5.75 Å². The van der Waals surface area contributed by atoms with E-state index in [1.807, 2.05) is 6.92 Å². The topological polar surface area (TPSA) is 72.6 Å². The first-order valence-corrected chi connectivity index (χ1v) is 5.55. The molecule has 0 heterocycles. The van der Waals surface area contributed by atoms with Crippen LogP contribution in [0.3, 0.4) is 0 Å². The summed E-state index contributed by atoms with van der Waals surface area (Å²) in [7, 11) is 1.46. The Morgan fingerprint density at radius 2 is 2.25 bits per heavy atom. The number of hydrogen-bond donors (Lipinski definition) is 1. The minimum Gasteiger partial charge on any atom is -0.496 e. The van der Waals surface area contributed by atoms with Crippen LogP contribution in [0.1, 0.15) is 6.92 Å². The van der Waals surface area contributed by atoms with Gasteiger partial charge in [-0.15, -0.1) is 11.8 Å². The van der Waals surface area contributed by atoms with Crippen LogP contribution in [0.25, 0.3) is 0 Å². The average molecular weight is 243 g/mol. The van der Waals surface area contributed by atoms with Gasteiger partial charge in [-0.2, -0.15) is 0 Å². The van der Waals surface area contributed by atoms with Crippen molar-refractivity contribution in [1.82, 2.24) is 0 Å². The van der Waals surface area contributed by atoms with Gasteiger partial charge in [-0.1, -0.05) is 6.92 Å². The zero-order valence-corrected chi connectivity index (χ0v) is 9.86. The molecule has 1 aromatic rings. The molecule has 88 valence electrons. The molecular weight excluding hydrogens is 230 g/mol. The number of thioether (sulfide) groups is 1. The number of rotatable bonds is 5. The first-order valence-electron chi connectivity index (χ1n) is 4.67. The van der Waals surface area contributed by atoms with Crippen molar-refractivity contribution in [2.75, 3.05) is 13.7 Å². The van der Waals surface area contributed by atoms with E-state index in [0.717, 1.165) is 0 Å². The molecule has 5 nitrogen and oxygen atoms in total. The number of aliphatic hydroxyl groups is 1. The Labute approximate surface area is 97.6 Å². The summed E-state index contributed by atoms with van der Waals surface area (Å²) < 4.78 is 4.98. The normalized spacial score (nSPS) is 12.2. The Morgan fingerprint density at radius 3 is 2.75 bits per heavy atom. The molecular formula is C10H13NO4S. The largest absolute Gasteiger partial charge is 0.496 e. The first-order chi connectivity index (χ1) is 7.56. The van der Waals surface area contributed by atoms with E-state index < -0.39 is 4.92 Å². The van der Waals surface area contributed by atoms with Gasteiger partial charge < -0.3 is 9.84 Å². The molecule has 1 unspecified atom stereocenters. The molecule has 0 aliphatic heterocycles. The maximum absolute atomic E-state index is 10.7. The Hall–Kier alpha value is -1.27. The SMILES string of the molecule is COc1cc(SC(C)CO)cc([N+](=O)[O-])c1. The van der Waals surface area contributed by atoms with Crippen LogP contribution in [0, 0.1) is 10.1 Å². The third kappa shape index (κ3) is 3.39. The minimum absolute atomic E-state index is 0.00742. The van der Waals surface area contributed by atoms with E-state index in [2.05, 4.69) is 0 Å². The number of non-ortho nitro benzene ring substituents is 1. The molecule has 0 amide bonds. The third-order valence-electron chi connectivity index (χ3n) is 1.91. The highest BCUT2D eigenvalue weighted by Crippen LogP contribution is 2.31. The van der Waals surface area contributed by atoms with E-state index in [-0.39, 0.29) is 17.5 Å². The van der Waals surface area contributed by atoms with Crippen molar-refractivity contribution in [3.63, 3.8) is 0 Å². The van der Waals surface area contributed by atoms with Gasteiger partial charge in [0.1, 0.15) is 5.75 Å². The van der Waals surface area contributed by atoms with Crippen LogP contribution in [-0.4, -0.2) is 29.0 Å². The molecule has 0 saturated carbocycles. The van der Waals surface area contributed by atoms with Gasteiger partial charge in [0.15, 0.2) is 0 Å². The maximum Gasteiger partial charge on any atom is 0.274 e. The lowest BCUT2D eigenvalue weighted by Crippen LogP contribution is -2.01. The van der Waals surface area contributed by atoms with Gasteiger partial charge in [0.2, 0.25) is 0 Å². The summed E-state index contributed by atoms with van der Waals surface area (Å²) in [6, 6.07) is 4.55. The number of nitrogens with zero attached hydrogens (tertiary/aromatic N) is 1. The van der Waals surface area contributed by atoms with Gasteiger partial charge in [0.25, 0.3) is 5.69 Å². The maximum atomic E-state index is 10.7. The van der Waals surface area contributed by atoms with Crippen LogP contribution < -0.4 is 4.74 Å². The fourth-order valence-corrected chi connectivity index (χ4v) is 2.03. The molecule has 0 bridgehead atoms. The fraction of sp³-hybridized carbons (Fsp3) is 0.400. The lowest BCUT2D eigenvalue weighted by Gasteiger charge is -2.08. The van der Waals surface area contributed by atoms with Gasteiger partial charge in [-0.3, -0.25) is 10.1 Å². The summed E-state index contributed by atoms with van der Waals surface area (Å²) >= 11 is 1.37. The van der Waals surface area contributed by atoms with Crippen molar-refractivity contribution in [1.29, 1.82) is 0 Å². The Morgan fingerprint density at radius 1 is 1.56 bits per heavy atom. The zero-order chi connectivity index (χ0) is 12.1. The second-order valence-corrected chi connectivity index (χ2v) is 4.75. The highest BCUT2D eigenvalue weighted by atomic mass is 32.2. The van der Waals surface area contributed by atoms with Crippen molar-refractivity contribution in [2.24, 2.45) is 0 Å². The van der Waals surface area contributed by atoms with E-state index in [1.54, 1.807) is 6.07 Å². The van der Waals surface area contributed by atoms with Crippen LogP contribution in [0.2, 0.25) is 0 Å². The molecule has 0 saturated heterocycles. The lowest BCUT2D eigenvalue weighted by atomic mass is 10.3. The number of nitro groups is 1. The molecule has 1 aromatic carbocycles. The Balaban J connectivity index is 2.99. The zero-order valence-electron chi connectivity index (χ0n) is 9.04. The molecule has 0 spiro atoms. The van der Waals surface area contributed by atoms with E-state index in [4.69, 9.17) is 9.84 Å². The van der Waals surface area contributed by atoms with Crippen molar-refractivity contribution in [3.8, 4) is 5.75 Å². The van der Waals surface area contributed by atoms with E-state index in [1.165, 1.54) is 31.0 Å². The number of nitro benzene ring substituents is 1. The summed E-state index contributed by atoms with van der Waals surface area (Å²) in [6.45, 7) is 1.87. The predicted octanol–water partition coefficient (Wildman–Crippen LogP) is 2.08. The average Bonchev–Trinajstić information content (AvgIpc) is 2.28. The number of hydrogen-bond acceptors (Lipinski definition) is 5. The third-order valence-corrected chi connectivity index (χ3v) is 2.97. The number of ether oxygens (including phenoxy) is 1. The predicted molar refractivity (Wildman–Crippen MR) is 62.1 cm³/mol. The second-order valence-electron chi connectivity index (χ2n) is 3.23. The Kier molecular flexibility index (Phi) is 4.57. The highest BCUT2D eigenvalue weighted by molar-refractivity contribution is 8.00. The molecule has 0 aliphatic carbocycles. The van der Waals surface area contributed by atoms with E-state index >= 15 is 0 Å². The van der Waals surface area contributed by atoms with Crippen LogP contribution in [-0.2, 0) is 0 Å². The molecule has 0 radical (unpaired) electrons. The first kappa shape index (κ1) is 12.8. The van der Waals surface area contributed by atoms with E-state index in [9.17, 15) is 10.1 Å². The fourth-order valence-electron chi connectivity index (χ4n) is 1.12. The van der Waals surface area contributed by atoms with Crippen LogP contribution in [0.15, 0.2) is 23.1 Å². The molecule has 6 heteroatoms. The second kappa shape index (κ2) is 5.72. The molecule has 0 aliphatic rings. The molecule has 1 rings (SSSR count). The monoisotopic (exact) mass is 243 g/mol. The summed E-state index contributed by atoms with van der Waals surface area (Å²) in [5.41, 5.74) is -0.00742. The lowest BCUT2D eigenvalue weighted by molar-refractivity contribution is -0.385. The minimum atomic E-state index is -0.462. The molecule has 0 fully saturated rings. The summed E-state index contributed by atoms with van der Waals surface area (Å²) in [5, 5.41) is 19.6. The standard InChI is InChI=1S/C10H13NO4S/c1-7(6-12)16-10-4-8(11(13)14)3-9(5-10)15-2/h3-5,7,12H,6H2,1-2H3. The van der Waals surface area contributed by atoms with Gasteiger partial charge in [-0.05, 0) is 6.07 Å². The van der Waals surface area contributed by atoms with Crippen LogP contribution in [0.4, 0.5) is 5.69 Å². The quantitative estimate of drug-likeness (QED) is 0.487. The van der Waals surface area contributed by atoms with Crippen molar-refractivity contribution < 1.29 is 14.8 Å². The molecule has 1 N–H and O–H groups in total. The summed E-state index contributed by atoms with van der Waals surface area (Å²) in [4.78, 5) is 10.9. The molecule has 0 aromatic heterocycles. The van der Waals surface area contributed by atoms with Gasteiger partial charge in [-0.25, -0.2) is 0 Å². The Bertz CT molecular complexity index is 383. The number of benzene rings is 1. The van der Waals surface area contributed by atoms with Gasteiger partial charge in [0.05, 0.1) is 24.7 Å². The summed E-state index contributed by atoms with van der Waals surface area (Å²) in [6.07, 6.45) is 0.